The topological polar surface area (TPSA) is 80.5 Å². The fraction of sp³-hybridized carbons (Fsp3) is 0.412. The number of benzene rings is 1. The molecule has 6 nitrogen and oxygen atoms in total. The van der Waals surface area contributed by atoms with Crippen LogP contribution in [0.4, 0.5) is 5.69 Å². The minimum absolute atomic E-state index is 0.0411. The standard InChI is InChI=1S/C17H20N2O4S/c1-3-5-6-11-18-16(20)14(15(17(18)21)24-4-2)12-7-9-13(10-8-12)19(22)23/h7-10H,3-6,11H2,1-2H3. The summed E-state index contributed by atoms with van der Waals surface area (Å²) < 4.78 is 0. The molecule has 7 heteroatoms. The number of thioether (sulfide) groups is 1. The van der Waals surface area contributed by atoms with E-state index in [1.165, 1.54) is 40.9 Å². The third-order valence-electron chi connectivity index (χ3n) is 3.77. The van der Waals surface area contributed by atoms with Gasteiger partial charge in [0.15, 0.2) is 0 Å². The average Bonchev–Trinajstić information content (AvgIpc) is 2.80. The van der Waals surface area contributed by atoms with Crippen molar-refractivity contribution in [3.8, 4) is 0 Å². The molecule has 0 bridgehead atoms. The van der Waals surface area contributed by atoms with E-state index in [1.54, 1.807) is 0 Å². The third kappa shape index (κ3) is 3.67. The maximum Gasteiger partial charge on any atom is 0.269 e. The minimum Gasteiger partial charge on any atom is -0.274 e. The molecule has 0 spiro atoms. The second-order valence-electron chi connectivity index (χ2n) is 5.41. The molecule has 128 valence electrons. The van der Waals surface area contributed by atoms with Crippen molar-refractivity contribution in [2.75, 3.05) is 12.3 Å². The molecular formula is C17H20N2O4S. The van der Waals surface area contributed by atoms with Crippen molar-refractivity contribution in [3.05, 3.63) is 44.8 Å². The Morgan fingerprint density at radius 1 is 1.08 bits per heavy atom. The molecule has 0 unspecified atom stereocenters. The summed E-state index contributed by atoms with van der Waals surface area (Å²) in [6.07, 6.45) is 2.75. The van der Waals surface area contributed by atoms with E-state index in [-0.39, 0.29) is 17.5 Å². The van der Waals surface area contributed by atoms with Crippen molar-refractivity contribution in [2.24, 2.45) is 0 Å². The molecule has 0 saturated carbocycles. The first-order valence-corrected chi connectivity index (χ1v) is 8.97. The molecule has 0 N–H and O–H groups in total. The summed E-state index contributed by atoms with van der Waals surface area (Å²) in [6, 6.07) is 5.77. The van der Waals surface area contributed by atoms with Gasteiger partial charge in [0.05, 0.1) is 15.4 Å². The number of nitrogens with zero attached hydrogens (tertiary/aromatic N) is 2. The number of unbranched alkanes of at least 4 members (excludes halogenated alkanes) is 2. The highest BCUT2D eigenvalue weighted by Gasteiger charge is 2.38. The van der Waals surface area contributed by atoms with Gasteiger partial charge in [-0.15, -0.1) is 11.8 Å². The van der Waals surface area contributed by atoms with E-state index in [9.17, 15) is 19.7 Å². The Morgan fingerprint density at radius 3 is 2.29 bits per heavy atom. The van der Waals surface area contributed by atoms with Crippen LogP contribution in [0.2, 0.25) is 0 Å². The van der Waals surface area contributed by atoms with Crippen LogP contribution in [0, 0.1) is 10.1 Å². The molecule has 0 saturated heterocycles. The summed E-state index contributed by atoms with van der Waals surface area (Å²) in [5.41, 5.74) is 0.867. The molecule has 1 aromatic carbocycles. The van der Waals surface area contributed by atoms with Crippen LogP contribution in [0.1, 0.15) is 38.7 Å². The average molecular weight is 348 g/mol. The van der Waals surface area contributed by atoms with Crippen molar-refractivity contribution in [3.63, 3.8) is 0 Å². The highest BCUT2D eigenvalue weighted by atomic mass is 32.2. The number of non-ortho nitro benzene ring substituents is 1. The summed E-state index contributed by atoms with van der Waals surface area (Å²) in [5.74, 6) is 0.116. The zero-order chi connectivity index (χ0) is 17.7. The van der Waals surface area contributed by atoms with Gasteiger partial charge < -0.3 is 0 Å². The van der Waals surface area contributed by atoms with E-state index in [0.29, 0.717) is 28.3 Å². The van der Waals surface area contributed by atoms with E-state index < -0.39 is 4.92 Å². The molecule has 0 aliphatic carbocycles. The summed E-state index contributed by atoms with van der Waals surface area (Å²) in [4.78, 5) is 37.3. The molecule has 1 heterocycles. The monoisotopic (exact) mass is 348 g/mol. The fourth-order valence-electron chi connectivity index (χ4n) is 2.56. The number of hydrogen-bond donors (Lipinski definition) is 0. The lowest BCUT2D eigenvalue weighted by Crippen LogP contribution is -2.32. The minimum atomic E-state index is -0.488. The van der Waals surface area contributed by atoms with Gasteiger partial charge in [0.25, 0.3) is 17.5 Å². The van der Waals surface area contributed by atoms with Crippen LogP contribution in [0.25, 0.3) is 5.57 Å². The van der Waals surface area contributed by atoms with E-state index in [2.05, 4.69) is 6.92 Å². The molecule has 0 fully saturated rings. The van der Waals surface area contributed by atoms with E-state index in [4.69, 9.17) is 0 Å². The molecule has 1 aromatic rings. The first kappa shape index (κ1) is 18.2. The Morgan fingerprint density at radius 2 is 1.75 bits per heavy atom. The Labute approximate surface area is 145 Å². The first-order chi connectivity index (χ1) is 11.5. The molecule has 1 aliphatic rings. The van der Waals surface area contributed by atoms with Crippen molar-refractivity contribution in [1.82, 2.24) is 4.90 Å². The van der Waals surface area contributed by atoms with Gasteiger partial charge in [-0.25, -0.2) is 0 Å². The molecule has 2 rings (SSSR count). The van der Waals surface area contributed by atoms with Crippen LogP contribution < -0.4 is 0 Å². The second kappa shape index (κ2) is 8.10. The van der Waals surface area contributed by atoms with E-state index in [0.717, 1.165) is 19.3 Å². The Hall–Kier alpha value is -2.15. The highest BCUT2D eigenvalue weighted by Crippen LogP contribution is 2.36. The number of nitro groups is 1. The molecule has 0 radical (unpaired) electrons. The molecule has 2 amide bonds. The van der Waals surface area contributed by atoms with Gasteiger partial charge in [-0.1, -0.05) is 26.7 Å². The van der Waals surface area contributed by atoms with E-state index >= 15 is 0 Å². The van der Waals surface area contributed by atoms with Gasteiger partial charge >= 0.3 is 0 Å². The largest absolute Gasteiger partial charge is 0.274 e. The van der Waals surface area contributed by atoms with Gasteiger partial charge in [0.2, 0.25) is 0 Å². The number of carbonyl (C=O) groups is 2. The number of hydrogen-bond acceptors (Lipinski definition) is 5. The number of nitro benzene ring substituents is 1. The predicted molar refractivity (Wildman–Crippen MR) is 94.4 cm³/mol. The fourth-order valence-corrected chi connectivity index (χ4v) is 3.43. The third-order valence-corrected chi connectivity index (χ3v) is 4.72. The number of rotatable bonds is 8. The van der Waals surface area contributed by atoms with Gasteiger partial charge in [0, 0.05) is 18.7 Å². The van der Waals surface area contributed by atoms with Crippen molar-refractivity contribution < 1.29 is 14.5 Å². The smallest absolute Gasteiger partial charge is 0.269 e. The van der Waals surface area contributed by atoms with Crippen LogP contribution in [-0.2, 0) is 9.59 Å². The van der Waals surface area contributed by atoms with Crippen LogP contribution >= 0.6 is 11.8 Å². The summed E-state index contributed by atoms with van der Waals surface area (Å²) in [7, 11) is 0. The van der Waals surface area contributed by atoms with Gasteiger partial charge in [-0.3, -0.25) is 24.6 Å². The lowest BCUT2D eigenvalue weighted by Gasteiger charge is -2.14. The lowest BCUT2D eigenvalue weighted by atomic mass is 10.1. The first-order valence-electron chi connectivity index (χ1n) is 7.99. The van der Waals surface area contributed by atoms with Crippen LogP contribution in [0.3, 0.4) is 0 Å². The zero-order valence-corrected chi connectivity index (χ0v) is 14.6. The molecule has 24 heavy (non-hydrogen) atoms. The van der Waals surface area contributed by atoms with Crippen LogP contribution in [0.5, 0.6) is 0 Å². The highest BCUT2D eigenvalue weighted by molar-refractivity contribution is 8.04. The van der Waals surface area contributed by atoms with Crippen molar-refractivity contribution in [1.29, 1.82) is 0 Å². The van der Waals surface area contributed by atoms with Crippen LogP contribution in [0.15, 0.2) is 29.2 Å². The summed E-state index contributed by atoms with van der Waals surface area (Å²) >= 11 is 1.34. The van der Waals surface area contributed by atoms with Crippen molar-refractivity contribution in [2.45, 2.75) is 33.1 Å². The number of amides is 2. The van der Waals surface area contributed by atoms with Gasteiger partial charge in [-0.2, -0.15) is 0 Å². The SMILES string of the molecule is CCCCCN1C(=O)C(SCC)=C(c2ccc([N+](=O)[O-])cc2)C1=O. The molecule has 0 aromatic heterocycles. The zero-order valence-electron chi connectivity index (χ0n) is 13.8. The number of carbonyl (C=O) groups excluding carboxylic acids is 2. The summed E-state index contributed by atoms with van der Waals surface area (Å²) in [6.45, 7) is 4.39. The normalized spacial score (nSPS) is 14.7. The quantitative estimate of drug-likeness (QED) is 0.310. The summed E-state index contributed by atoms with van der Waals surface area (Å²) in [5, 5.41) is 10.8. The predicted octanol–water partition coefficient (Wildman–Crippen LogP) is 3.62. The molecular weight excluding hydrogens is 328 g/mol. The van der Waals surface area contributed by atoms with Crippen molar-refractivity contribution >= 4 is 34.8 Å². The van der Waals surface area contributed by atoms with E-state index in [1.807, 2.05) is 6.92 Å². The van der Waals surface area contributed by atoms with Gasteiger partial charge in [-0.05, 0) is 29.9 Å². The van der Waals surface area contributed by atoms with Crippen LogP contribution in [-0.4, -0.2) is 33.9 Å². The Kier molecular flexibility index (Phi) is 6.14. The Balaban J connectivity index is 2.34. The number of imide groups is 1. The maximum atomic E-state index is 12.7. The van der Waals surface area contributed by atoms with Gasteiger partial charge in [0.1, 0.15) is 0 Å². The lowest BCUT2D eigenvalue weighted by molar-refractivity contribution is -0.384. The second-order valence-corrected chi connectivity index (χ2v) is 6.68. The molecule has 1 aliphatic heterocycles. The Bertz CT molecular complexity index is 682. The molecule has 0 atom stereocenters. The maximum absolute atomic E-state index is 12.7.